The SMILES string of the molecule is CN(C)C(=O)CCNc1cccc(C(=O)O)c1[N+](=O)[O-]. The van der Waals surface area contributed by atoms with Crippen LogP contribution in [0.5, 0.6) is 0 Å². The number of carbonyl (C=O) groups is 2. The molecule has 0 radical (unpaired) electrons. The first-order valence-electron chi connectivity index (χ1n) is 5.79. The number of nitrogens with one attached hydrogen (secondary N) is 1. The third kappa shape index (κ3) is 3.67. The van der Waals surface area contributed by atoms with E-state index in [-0.39, 0.29) is 30.1 Å². The molecule has 0 fully saturated rings. The van der Waals surface area contributed by atoms with Crippen molar-refractivity contribution < 1.29 is 19.6 Å². The number of aromatic carboxylic acids is 1. The number of carbonyl (C=O) groups excluding carboxylic acids is 1. The highest BCUT2D eigenvalue weighted by atomic mass is 16.6. The minimum atomic E-state index is -1.37. The topological polar surface area (TPSA) is 113 Å². The Bertz CT molecular complexity index is 542. The molecule has 2 N–H and O–H groups in total. The third-order valence-electron chi connectivity index (χ3n) is 2.60. The van der Waals surface area contributed by atoms with Crippen molar-refractivity contribution in [3.05, 3.63) is 33.9 Å². The molecule has 0 spiro atoms. The van der Waals surface area contributed by atoms with Gasteiger partial charge in [-0.25, -0.2) is 4.79 Å². The summed E-state index contributed by atoms with van der Waals surface area (Å²) in [6.45, 7) is 0.181. The lowest BCUT2D eigenvalue weighted by Gasteiger charge is -2.11. The average Bonchev–Trinajstić information content (AvgIpc) is 2.37. The summed E-state index contributed by atoms with van der Waals surface area (Å²) in [4.78, 5) is 34.0. The van der Waals surface area contributed by atoms with Gasteiger partial charge in [0.25, 0.3) is 0 Å². The summed E-state index contributed by atoms with van der Waals surface area (Å²) in [6.07, 6.45) is 0.154. The van der Waals surface area contributed by atoms with Crippen molar-refractivity contribution in [3.8, 4) is 0 Å². The van der Waals surface area contributed by atoms with Crippen LogP contribution in [0.15, 0.2) is 18.2 Å². The fourth-order valence-electron chi connectivity index (χ4n) is 1.58. The number of para-hydroxylation sites is 1. The number of hydrogen-bond acceptors (Lipinski definition) is 5. The van der Waals surface area contributed by atoms with Crippen LogP contribution in [0.3, 0.4) is 0 Å². The zero-order chi connectivity index (χ0) is 15.3. The first kappa shape index (κ1) is 15.4. The molecule has 1 aromatic rings. The molecule has 0 heterocycles. The molecule has 0 aliphatic carbocycles. The van der Waals surface area contributed by atoms with Crippen molar-refractivity contribution in [3.63, 3.8) is 0 Å². The van der Waals surface area contributed by atoms with E-state index in [1.54, 1.807) is 14.1 Å². The van der Waals surface area contributed by atoms with Gasteiger partial charge in [-0.3, -0.25) is 14.9 Å². The van der Waals surface area contributed by atoms with E-state index in [0.29, 0.717) is 0 Å². The minimum absolute atomic E-state index is 0.0847. The van der Waals surface area contributed by atoms with E-state index in [1.165, 1.54) is 17.0 Å². The van der Waals surface area contributed by atoms with E-state index in [1.807, 2.05) is 0 Å². The number of carboxylic acids is 1. The summed E-state index contributed by atoms with van der Waals surface area (Å²) in [7, 11) is 3.21. The fraction of sp³-hybridized carbons (Fsp3) is 0.333. The van der Waals surface area contributed by atoms with Crippen molar-refractivity contribution in [1.82, 2.24) is 4.90 Å². The summed E-state index contributed by atoms with van der Waals surface area (Å²) >= 11 is 0. The summed E-state index contributed by atoms with van der Waals surface area (Å²) in [5.74, 6) is -1.50. The number of anilines is 1. The maximum absolute atomic E-state index is 11.4. The van der Waals surface area contributed by atoms with Crippen LogP contribution in [-0.4, -0.2) is 47.4 Å². The van der Waals surface area contributed by atoms with Crippen molar-refractivity contribution in [2.45, 2.75) is 6.42 Å². The minimum Gasteiger partial charge on any atom is -0.477 e. The van der Waals surface area contributed by atoms with Gasteiger partial charge in [-0.2, -0.15) is 0 Å². The number of nitro groups is 1. The molecule has 0 bridgehead atoms. The quantitative estimate of drug-likeness (QED) is 0.598. The van der Waals surface area contributed by atoms with Crippen LogP contribution in [0.4, 0.5) is 11.4 Å². The Morgan fingerprint density at radius 3 is 2.55 bits per heavy atom. The monoisotopic (exact) mass is 281 g/mol. The van der Waals surface area contributed by atoms with Gasteiger partial charge >= 0.3 is 11.7 Å². The second-order valence-corrected chi connectivity index (χ2v) is 4.23. The molecule has 108 valence electrons. The van der Waals surface area contributed by atoms with Gasteiger partial charge < -0.3 is 15.3 Å². The molecule has 8 nitrogen and oxygen atoms in total. The standard InChI is InChI=1S/C12H15N3O5/c1-14(2)10(16)6-7-13-9-5-3-4-8(12(17)18)11(9)15(19)20/h3-5,13H,6-7H2,1-2H3,(H,17,18). The van der Waals surface area contributed by atoms with Gasteiger partial charge in [-0.15, -0.1) is 0 Å². The van der Waals surface area contributed by atoms with Crippen molar-refractivity contribution in [2.24, 2.45) is 0 Å². The van der Waals surface area contributed by atoms with Crippen molar-refractivity contribution in [2.75, 3.05) is 26.0 Å². The first-order chi connectivity index (χ1) is 9.34. The highest BCUT2D eigenvalue weighted by Gasteiger charge is 2.23. The van der Waals surface area contributed by atoms with Gasteiger partial charge in [-0.05, 0) is 12.1 Å². The number of nitrogens with zero attached hydrogens (tertiary/aromatic N) is 2. The van der Waals surface area contributed by atoms with E-state index >= 15 is 0 Å². The van der Waals surface area contributed by atoms with Crippen LogP contribution in [0.25, 0.3) is 0 Å². The van der Waals surface area contributed by atoms with Crippen molar-refractivity contribution in [1.29, 1.82) is 0 Å². The largest absolute Gasteiger partial charge is 0.477 e. The molecular formula is C12H15N3O5. The van der Waals surface area contributed by atoms with Gasteiger partial charge in [0, 0.05) is 27.1 Å². The smallest absolute Gasteiger partial charge is 0.342 e. The molecule has 8 heteroatoms. The second-order valence-electron chi connectivity index (χ2n) is 4.23. The maximum atomic E-state index is 11.4. The van der Waals surface area contributed by atoms with Crippen LogP contribution in [-0.2, 0) is 4.79 Å². The van der Waals surface area contributed by atoms with E-state index in [4.69, 9.17) is 5.11 Å². The van der Waals surface area contributed by atoms with E-state index in [9.17, 15) is 19.7 Å². The Kier molecular flexibility index (Phi) is 5.01. The van der Waals surface area contributed by atoms with Crippen LogP contribution < -0.4 is 5.32 Å². The predicted molar refractivity (Wildman–Crippen MR) is 71.9 cm³/mol. The van der Waals surface area contributed by atoms with Gasteiger partial charge in [0.15, 0.2) is 0 Å². The molecule has 20 heavy (non-hydrogen) atoms. The Hall–Kier alpha value is -2.64. The van der Waals surface area contributed by atoms with Gasteiger partial charge in [-0.1, -0.05) is 6.07 Å². The lowest BCUT2D eigenvalue weighted by Crippen LogP contribution is -2.24. The molecule has 1 aromatic carbocycles. The third-order valence-corrected chi connectivity index (χ3v) is 2.60. The number of hydrogen-bond donors (Lipinski definition) is 2. The normalized spacial score (nSPS) is 9.90. The molecule has 0 atom stereocenters. The average molecular weight is 281 g/mol. The first-order valence-corrected chi connectivity index (χ1v) is 5.79. The summed E-state index contributed by atoms with van der Waals surface area (Å²) in [6, 6.07) is 3.98. The molecule has 1 rings (SSSR count). The van der Waals surface area contributed by atoms with E-state index < -0.39 is 16.6 Å². The predicted octanol–water partition coefficient (Wildman–Crippen LogP) is 1.18. The summed E-state index contributed by atoms with van der Waals surface area (Å²) in [5, 5.41) is 22.6. The van der Waals surface area contributed by atoms with Crippen LogP contribution in [0, 0.1) is 10.1 Å². The zero-order valence-electron chi connectivity index (χ0n) is 11.1. The Morgan fingerprint density at radius 2 is 2.05 bits per heavy atom. The Morgan fingerprint density at radius 1 is 1.40 bits per heavy atom. The fourth-order valence-corrected chi connectivity index (χ4v) is 1.58. The second kappa shape index (κ2) is 6.50. The molecule has 1 amide bonds. The zero-order valence-corrected chi connectivity index (χ0v) is 11.1. The van der Waals surface area contributed by atoms with Gasteiger partial charge in [0.1, 0.15) is 11.3 Å². The van der Waals surface area contributed by atoms with Gasteiger partial charge in [0.2, 0.25) is 5.91 Å². The molecule has 0 aliphatic heterocycles. The lowest BCUT2D eigenvalue weighted by molar-refractivity contribution is -0.384. The lowest BCUT2D eigenvalue weighted by atomic mass is 10.1. The highest BCUT2D eigenvalue weighted by molar-refractivity contribution is 5.95. The summed E-state index contributed by atoms with van der Waals surface area (Å²) < 4.78 is 0. The molecule has 0 aliphatic rings. The van der Waals surface area contributed by atoms with E-state index in [2.05, 4.69) is 5.32 Å². The highest BCUT2D eigenvalue weighted by Crippen LogP contribution is 2.28. The molecule has 0 saturated carbocycles. The van der Waals surface area contributed by atoms with E-state index in [0.717, 1.165) is 6.07 Å². The number of nitro benzene ring substituents is 1. The maximum Gasteiger partial charge on any atom is 0.342 e. The molecule has 0 unspecified atom stereocenters. The summed E-state index contributed by atoms with van der Waals surface area (Å²) in [5.41, 5.74) is -0.808. The molecule has 0 saturated heterocycles. The Balaban J connectivity index is 2.90. The molecular weight excluding hydrogens is 266 g/mol. The number of rotatable bonds is 6. The van der Waals surface area contributed by atoms with Crippen LogP contribution in [0.1, 0.15) is 16.8 Å². The Labute approximate surface area is 115 Å². The van der Waals surface area contributed by atoms with Crippen LogP contribution in [0.2, 0.25) is 0 Å². The number of amides is 1. The van der Waals surface area contributed by atoms with Crippen molar-refractivity contribution >= 4 is 23.3 Å². The van der Waals surface area contributed by atoms with Crippen LogP contribution >= 0.6 is 0 Å². The van der Waals surface area contributed by atoms with Gasteiger partial charge in [0.05, 0.1) is 4.92 Å². The molecule has 0 aromatic heterocycles. The number of carboxylic acid groups (broad SMARTS) is 1. The number of benzene rings is 1.